The van der Waals surface area contributed by atoms with Gasteiger partial charge in [0.25, 0.3) is 5.69 Å². The minimum absolute atomic E-state index is 0.0657. The van der Waals surface area contributed by atoms with Gasteiger partial charge in [-0.1, -0.05) is 26.7 Å². The summed E-state index contributed by atoms with van der Waals surface area (Å²) in [4.78, 5) is 27.6. The molecule has 0 aliphatic rings. The highest BCUT2D eigenvalue weighted by molar-refractivity contribution is 5.90. The third-order valence-corrected chi connectivity index (χ3v) is 4.25. The Labute approximate surface area is 153 Å². The second-order valence-electron chi connectivity index (χ2n) is 6.11. The Bertz CT molecular complexity index is 764. The fraction of sp³-hybridized carbons (Fsp3) is 0.474. The monoisotopic (exact) mass is 359 g/mol. The van der Waals surface area contributed by atoms with E-state index in [9.17, 15) is 14.9 Å². The lowest BCUT2D eigenvalue weighted by molar-refractivity contribution is -0.384. The Morgan fingerprint density at radius 1 is 1.27 bits per heavy atom. The number of aromatic nitrogens is 2. The quantitative estimate of drug-likeness (QED) is 0.370. The summed E-state index contributed by atoms with van der Waals surface area (Å²) in [6, 6.07) is 4.28. The molecule has 1 heterocycles. The zero-order valence-corrected chi connectivity index (χ0v) is 15.5. The smallest absolute Gasteiger partial charge is 0.338 e. The predicted octanol–water partition coefficient (Wildman–Crippen LogP) is 4.64. The molecule has 0 amide bonds. The summed E-state index contributed by atoms with van der Waals surface area (Å²) < 4.78 is 6.75. The molecule has 1 aromatic carbocycles. The summed E-state index contributed by atoms with van der Waals surface area (Å²) in [6.07, 6.45) is 7.27. The average molecular weight is 359 g/mol. The molecule has 140 valence electrons. The first-order valence-electron chi connectivity index (χ1n) is 9.02. The first kappa shape index (κ1) is 19.6. The lowest BCUT2D eigenvalue weighted by Gasteiger charge is -2.17. The number of rotatable bonds is 9. The van der Waals surface area contributed by atoms with E-state index < -0.39 is 10.9 Å². The van der Waals surface area contributed by atoms with E-state index in [0.29, 0.717) is 5.69 Å². The fourth-order valence-electron chi connectivity index (χ4n) is 3.13. The van der Waals surface area contributed by atoms with Gasteiger partial charge in [-0.25, -0.2) is 9.78 Å². The van der Waals surface area contributed by atoms with Gasteiger partial charge in [-0.3, -0.25) is 14.7 Å². The summed E-state index contributed by atoms with van der Waals surface area (Å²) in [6.45, 7) is 6.19. The molecular formula is C19H25N3O4. The molecular weight excluding hydrogens is 334 g/mol. The van der Waals surface area contributed by atoms with Crippen molar-refractivity contribution in [1.82, 2.24) is 9.55 Å². The van der Waals surface area contributed by atoms with Crippen molar-refractivity contribution in [2.75, 3.05) is 6.61 Å². The topological polar surface area (TPSA) is 87.3 Å². The molecule has 1 aromatic heterocycles. The highest BCUT2D eigenvalue weighted by Crippen LogP contribution is 2.31. The molecule has 2 rings (SSSR count). The van der Waals surface area contributed by atoms with Crippen LogP contribution in [0.1, 0.15) is 68.6 Å². The van der Waals surface area contributed by atoms with Crippen molar-refractivity contribution >= 4 is 11.7 Å². The van der Waals surface area contributed by atoms with Crippen LogP contribution in [0.25, 0.3) is 5.69 Å². The van der Waals surface area contributed by atoms with Crippen LogP contribution < -0.4 is 0 Å². The molecule has 2 aromatic rings. The first-order chi connectivity index (χ1) is 12.5. The van der Waals surface area contributed by atoms with Gasteiger partial charge in [0.05, 0.1) is 17.1 Å². The Balaban J connectivity index is 2.56. The summed E-state index contributed by atoms with van der Waals surface area (Å²) in [5.74, 6) is 0.507. The molecule has 0 radical (unpaired) electrons. The number of carbonyl (C=O) groups is 1. The highest BCUT2D eigenvalue weighted by Gasteiger charge is 2.23. The number of ether oxygens (including phenoxy) is 1. The van der Waals surface area contributed by atoms with Crippen molar-refractivity contribution in [1.29, 1.82) is 0 Å². The van der Waals surface area contributed by atoms with E-state index >= 15 is 0 Å². The zero-order valence-electron chi connectivity index (χ0n) is 15.5. The van der Waals surface area contributed by atoms with Crippen LogP contribution in [0.15, 0.2) is 30.6 Å². The number of nitro groups is 1. The van der Waals surface area contributed by atoms with E-state index in [1.54, 1.807) is 23.9 Å². The van der Waals surface area contributed by atoms with Crippen molar-refractivity contribution in [2.24, 2.45) is 0 Å². The third-order valence-electron chi connectivity index (χ3n) is 4.25. The molecule has 0 N–H and O–H groups in total. The summed E-state index contributed by atoms with van der Waals surface area (Å²) in [7, 11) is 0. The Morgan fingerprint density at radius 3 is 2.54 bits per heavy atom. The number of benzene rings is 1. The number of carbonyl (C=O) groups excluding carboxylic acids is 1. The van der Waals surface area contributed by atoms with Crippen molar-refractivity contribution < 1.29 is 14.5 Å². The lowest BCUT2D eigenvalue weighted by atomic mass is 9.97. The van der Waals surface area contributed by atoms with Crippen LogP contribution in [0.2, 0.25) is 0 Å². The number of nitro benzene ring substituents is 1. The van der Waals surface area contributed by atoms with Gasteiger partial charge in [-0.2, -0.15) is 0 Å². The van der Waals surface area contributed by atoms with E-state index in [-0.39, 0.29) is 23.8 Å². The Morgan fingerprint density at radius 2 is 1.96 bits per heavy atom. The van der Waals surface area contributed by atoms with Gasteiger partial charge >= 0.3 is 5.97 Å². The van der Waals surface area contributed by atoms with Gasteiger partial charge in [0.2, 0.25) is 0 Å². The number of esters is 1. The van der Waals surface area contributed by atoms with Crippen molar-refractivity contribution in [3.63, 3.8) is 0 Å². The Hall–Kier alpha value is -2.70. The molecule has 0 saturated carbocycles. The van der Waals surface area contributed by atoms with E-state index in [1.807, 2.05) is 0 Å². The fourth-order valence-corrected chi connectivity index (χ4v) is 3.13. The molecule has 0 atom stereocenters. The minimum atomic E-state index is -0.496. The van der Waals surface area contributed by atoms with Gasteiger partial charge in [-0.15, -0.1) is 0 Å². The van der Waals surface area contributed by atoms with Crippen LogP contribution >= 0.6 is 0 Å². The molecule has 0 saturated heterocycles. The zero-order chi connectivity index (χ0) is 19.1. The number of hydrogen-bond acceptors (Lipinski definition) is 5. The van der Waals surface area contributed by atoms with E-state index in [4.69, 9.17) is 4.74 Å². The average Bonchev–Trinajstić information content (AvgIpc) is 3.10. The summed E-state index contributed by atoms with van der Waals surface area (Å²) >= 11 is 0. The van der Waals surface area contributed by atoms with Crippen LogP contribution in [-0.2, 0) is 4.74 Å². The Kier molecular flexibility index (Phi) is 6.89. The molecule has 0 unspecified atom stereocenters. The maximum Gasteiger partial charge on any atom is 0.338 e. The van der Waals surface area contributed by atoms with Crippen LogP contribution in [0.3, 0.4) is 0 Å². The van der Waals surface area contributed by atoms with Gasteiger partial charge in [0, 0.05) is 24.4 Å². The predicted molar refractivity (Wildman–Crippen MR) is 98.7 cm³/mol. The summed E-state index contributed by atoms with van der Waals surface area (Å²) in [5.41, 5.74) is 0.559. The van der Waals surface area contributed by atoms with Crippen LogP contribution in [0, 0.1) is 10.1 Å². The summed E-state index contributed by atoms with van der Waals surface area (Å²) in [5, 5.41) is 11.5. The highest BCUT2D eigenvalue weighted by atomic mass is 16.6. The molecule has 0 spiro atoms. The second kappa shape index (κ2) is 9.12. The van der Waals surface area contributed by atoms with Gasteiger partial charge in [0.1, 0.15) is 11.5 Å². The largest absolute Gasteiger partial charge is 0.462 e. The molecule has 0 aliphatic heterocycles. The van der Waals surface area contributed by atoms with E-state index in [0.717, 1.165) is 31.5 Å². The van der Waals surface area contributed by atoms with Gasteiger partial charge < -0.3 is 4.74 Å². The third kappa shape index (κ3) is 4.28. The molecule has 26 heavy (non-hydrogen) atoms. The molecule has 0 aliphatic carbocycles. The molecule has 7 nitrogen and oxygen atoms in total. The number of hydrogen-bond donors (Lipinski definition) is 0. The lowest BCUT2D eigenvalue weighted by Crippen LogP contribution is -2.11. The van der Waals surface area contributed by atoms with Gasteiger partial charge in [0.15, 0.2) is 0 Å². The van der Waals surface area contributed by atoms with E-state index in [2.05, 4.69) is 18.8 Å². The normalized spacial score (nSPS) is 10.9. The van der Waals surface area contributed by atoms with Crippen molar-refractivity contribution in [3.8, 4) is 5.69 Å². The SMILES string of the molecule is CCCC(CCC)c1nccn1-c1cc(C(=O)OCC)ccc1[N+](=O)[O-]. The van der Waals surface area contributed by atoms with Crippen LogP contribution in [0.5, 0.6) is 0 Å². The van der Waals surface area contributed by atoms with Crippen LogP contribution in [0.4, 0.5) is 5.69 Å². The van der Waals surface area contributed by atoms with Gasteiger partial charge in [-0.05, 0) is 31.9 Å². The number of nitrogens with zero attached hydrogens (tertiary/aromatic N) is 3. The second-order valence-corrected chi connectivity index (χ2v) is 6.11. The first-order valence-corrected chi connectivity index (χ1v) is 9.02. The van der Waals surface area contributed by atoms with E-state index in [1.165, 1.54) is 18.2 Å². The maximum absolute atomic E-state index is 12.1. The van der Waals surface area contributed by atoms with Crippen molar-refractivity contribution in [3.05, 3.63) is 52.1 Å². The molecule has 0 bridgehead atoms. The molecule has 7 heteroatoms. The number of imidazole rings is 1. The molecule has 0 fully saturated rings. The van der Waals surface area contributed by atoms with Crippen LogP contribution in [-0.4, -0.2) is 27.1 Å². The minimum Gasteiger partial charge on any atom is -0.462 e. The maximum atomic E-state index is 12.1. The standard InChI is InChI=1S/C19H25N3O4/c1-4-7-14(8-5-2)18-20-11-12-21(18)17-13-15(19(23)26-6-3)9-10-16(17)22(24)25/h9-14H,4-8H2,1-3H3. The van der Waals surface area contributed by atoms with Crippen molar-refractivity contribution in [2.45, 2.75) is 52.4 Å².